The molecule has 2 rings (SSSR count). The van der Waals surface area contributed by atoms with Crippen molar-refractivity contribution in [3.8, 4) is 0 Å². The van der Waals surface area contributed by atoms with Crippen molar-refractivity contribution in [2.24, 2.45) is 0 Å². The largest absolute Gasteiger partial charge is 0.352 e. The fourth-order valence-electron chi connectivity index (χ4n) is 2.89. The Morgan fingerprint density at radius 2 is 1.63 bits per heavy atom. The van der Waals surface area contributed by atoms with Gasteiger partial charge in [0, 0.05) is 26.1 Å². The van der Waals surface area contributed by atoms with Crippen LogP contribution in [0.15, 0.2) is 53.4 Å². The number of sulfonamides is 1. The first-order valence-corrected chi connectivity index (χ1v) is 10.7. The van der Waals surface area contributed by atoms with Crippen molar-refractivity contribution in [1.82, 2.24) is 9.62 Å². The van der Waals surface area contributed by atoms with Crippen molar-refractivity contribution in [1.29, 1.82) is 0 Å². The van der Waals surface area contributed by atoms with E-state index in [1.807, 2.05) is 45.0 Å². The van der Waals surface area contributed by atoms with E-state index in [2.05, 4.69) is 5.32 Å². The summed E-state index contributed by atoms with van der Waals surface area (Å²) < 4.78 is 26.4. The second kappa shape index (κ2) is 9.67. The molecular formula is C21H28N2O3S. The number of amides is 1. The summed E-state index contributed by atoms with van der Waals surface area (Å²) in [5.74, 6) is -0.0157. The molecule has 1 amide bonds. The normalized spacial score (nSPS) is 11.6. The van der Waals surface area contributed by atoms with E-state index in [0.717, 1.165) is 16.7 Å². The van der Waals surface area contributed by atoms with Gasteiger partial charge < -0.3 is 5.32 Å². The van der Waals surface area contributed by atoms with E-state index in [-0.39, 0.29) is 5.91 Å². The molecule has 0 fully saturated rings. The van der Waals surface area contributed by atoms with Gasteiger partial charge in [-0.15, -0.1) is 0 Å². The molecule has 0 aliphatic heterocycles. The van der Waals surface area contributed by atoms with Crippen molar-refractivity contribution in [3.63, 3.8) is 0 Å². The SMILES string of the molecule is CCN(CC)S(=O)(=O)c1ccc(CCC(=O)NCc2ccccc2C)cc1. The molecule has 0 saturated carbocycles. The lowest BCUT2D eigenvalue weighted by molar-refractivity contribution is -0.121. The van der Waals surface area contributed by atoms with Gasteiger partial charge in [-0.05, 0) is 42.2 Å². The molecule has 0 saturated heterocycles. The van der Waals surface area contributed by atoms with Crippen molar-refractivity contribution < 1.29 is 13.2 Å². The van der Waals surface area contributed by atoms with Crippen molar-refractivity contribution >= 4 is 15.9 Å². The quantitative estimate of drug-likeness (QED) is 0.717. The summed E-state index contributed by atoms with van der Waals surface area (Å²) in [6, 6.07) is 14.8. The molecule has 0 bridgehead atoms. The fraction of sp³-hybridized carbons (Fsp3) is 0.381. The smallest absolute Gasteiger partial charge is 0.243 e. The third kappa shape index (κ3) is 5.65. The van der Waals surface area contributed by atoms with Crippen LogP contribution in [0.3, 0.4) is 0 Å². The first kappa shape index (κ1) is 21.1. The van der Waals surface area contributed by atoms with Gasteiger partial charge in [-0.2, -0.15) is 4.31 Å². The molecule has 27 heavy (non-hydrogen) atoms. The van der Waals surface area contributed by atoms with E-state index in [1.54, 1.807) is 24.3 Å². The van der Waals surface area contributed by atoms with Gasteiger partial charge in [-0.25, -0.2) is 8.42 Å². The molecule has 0 heterocycles. The first-order chi connectivity index (χ1) is 12.9. The summed E-state index contributed by atoms with van der Waals surface area (Å²) >= 11 is 0. The lowest BCUT2D eigenvalue weighted by Crippen LogP contribution is -2.30. The van der Waals surface area contributed by atoms with E-state index in [4.69, 9.17) is 0 Å². The molecule has 0 atom stereocenters. The number of rotatable bonds is 9. The molecular weight excluding hydrogens is 360 g/mol. The Kier molecular flexibility index (Phi) is 7.56. The first-order valence-electron chi connectivity index (χ1n) is 9.28. The van der Waals surface area contributed by atoms with Crippen molar-refractivity contribution in [3.05, 3.63) is 65.2 Å². The van der Waals surface area contributed by atoms with Crippen LogP contribution in [-0.2, 0) is 27.8 Å². The van der Waals surface area contributed by atoms with E-state index in [1.165, 1.54) is 4.31 Å². The molecule has 0 aromatic heterocycles. The van der Waals surface area contributed by atoms with Gasteiger partial charge in [0.25, 0.3) is 0 Å². The van der Waals surface area contributed by atoms with Gasteiger partial charge >= 0.3 is 0 Å². The van der Waals surface area contributed by atoms with Crippen LogP contribution in [0.2, 0.25) is 0 Å². The summed E-state index contributed by atoms with van der Waals surface area (Å²) in [5, 5.41) is 2.93. The summed E-state index contributed by atoms with van der Waals surface area (Å²) in [6.45, 7) is 7.08. The maximum atomic E-state index is 12.5. The number of nitrogens with one attached hydrogen (secondary N) is 1. The Labute approximate surface area is 162 Å². The van der Waals surface area contributed by atoms with Gasteiger partial charge in [0.1, 0.15) is 0 Å². The Bertz CT molecular complexity index is 857. The average Bonchev–Trinajstić information content (AvgIpc) is 2.67. The molecule has 6 heteroatoms. The van der Waals surface area contributed by atoms with Crippen LogP contribution in [0.1, 0.15) is 37.0 Å². The van der Waals surface area contributed by atoms with Crippen molar-refractivity contribution in [2.45, 2.75) is 45.1 Å². The minimum absolute atomic E-state index is 0.0157. The molecule has 2 aromatic carbocycles. The average molecular weight is 389 g/mol. The molecule has 0 spiro atoms. The highest BCUT2D eigenvalue weighted by Gasteiger charge is 2.21. The lowest BCUT2D eigenvalue weighted by atomic mass is 10.1. The monoisotopic (exact) mass is 388 g/mol. The van der Waals surface area contributed by atoms with Gasteiger partial charge in [0.15, 0.2) is 0 Å². The summed E-state index contributed by atoms with van der Waals surface area (Å²) in [5.41, 5.74) is 3.21. The topological polar surface area (TPSA) is 66.5 Å². The third-order valence-corrected chi connectivity index (χ3v) is 6.71. The molecule has 0 aliphatic carbocycles. The fourth-order valence-corrected chi connectivity index (χ4v) is 4.35. The minimum atomic E-state index is -3.44. The maximum absolute atomic E-state index is 12.5. The van der Waals surface area contributed by atoms with Gasteiger partial charge in [0.2, 0.25) is 15.9 Å². The number of benzene rings is 2. The standard InChI is InChI=1S/C21H28N2O3S/c1-4-23(5-2)27(25,26)20-13-10-18(11-14-20)12-15-21(24)22-16-19-9-7-6-8-17(19)3/h6-11,13-14H,4-5,12,15-16H2,1-3H3,(H,22,24). The predicted octanol–water partition coefficient (Wildman–Crippen LogP) is 3.27. The highest BCUT2D eigenvalue weighted by molar-refractivity contribution is 7.89. The van der Waals surface area contributed by atoms with Crippen LogP contribution >= 0.6 is 0 Å². The molecule has 0 radical (unpaired) electrons. The number of nitrogens with zero attached hydrogens (tertiary/aromatic N) is 1. The third-order valence-electron chi connectivity index (χ3n) is 4.64. The Hall–Kier alpha value is -2.18. The zero-order valence-electron chi connectivity index (χ0n) is 16.2. The van der Waals surface area contributed by atoms with E-state index in [9.17, 15) is 13.2 Å². The Balaban J connectivity index is 1.89. The Morgan fingerprint density at radius 1 is 1.00 bits per heavy atom. The minimum Gasteiger partial charge on any atom is -0.352 e. The van der Waals surface area contributed by atoms with Gasteiger partial charge in [-0.1, -0.05) is 50.2 Å². The lowest BCUT2D eigenvalue weighted by Gasteiger charge is -2.18. The van der Waals surface area contributed by atoms with Gasteiger partial charge in [0.05, 0.1) is 4.90 Å². The van der Waals surface area contributed by atoms with Crippen LogP contribution in [0, 0.1) is 6.92 Å². The van der Waals surface area contributed by atoms with Crippen molar-refractivity contribution in [2.75, 3.05) is 13.1 Å². The second-order valence-electron chi connectivity index (χ2n) is 6.44. The summed E-state index contributed by atoms with van der Waals surface area (Å²) in [7, 11) is -3.44. The van der Waals surface area contributed by atoms with E-state index in [0.29, 0.717) is 37.4 Å². The molecule has 0 unspecified atom stereocenters. The van der Waals surface area contributed by atoms with Gasteiger partial charge in [-0.3, -0.25) is 4.79 Å². The number of carbonyl (C=O) groups is 1. The number of carbonyl (C=O) groups excluding carboxylic acids is 1. The molecule has 146 valence electrons. The van der Waals surface area contributed by atoms with Crippen LogP contribution in [-0.4, -0.2) is 31.7 Å². The molecule has 5 nitrogen and oxygen atoms in total. The second-order valence-corrected chi connectivity index (χ2v) is 8.37. The summed E-state index contributed by atoms with van der Waals surface area (Å²) in [6.07, 6.45) is 0.944. The van der Waals surface area contributed by atoms with Crippen LogP contribution in [0.25, 0.3) is 0 Å². The van der Waals surface area contributed by atoms with E-state index >= 15 is 0 Å². The van der Waals surface area contributed by atoms with Crippen LogP contribution in [0.4, 0.5) is 0 Å². The van der Waals surface area contributed by atoms with Crippen LogP contribution in [0.5, 0.6) is 0 Å². The van der Waals surface area contributed by atoms with E-state index < -0.39 is 10.0 Å². The highest BCUT2D eigenvalue weighted by atomic mass is 32.2. The summed E-state index contributed by atoms with van der Waals surface area (Å²) in [4.78, 5) is 12.4. The van der Waals surface area contributed by atoms with Crippen LogP contribution < -0.4 is 5.32 Å². The zero-order chi connectivity index (χ0) is 19.9. The predicted molar refractivity (Wildman–Crippen MR) is 108 cm³/mol. The molecule has 2 aromatic rings. The number of hydrogen-bond acceptors (Lipinski definition) is 3. The Morgan fingerprint density at radius 3 is 2.22 bits per heavy atom. The number of aryl methyl sites for hydroxylation is 2. The maximum Gasteiger partial charge on any atom is 0.243 e. The molecule has 0 aliphatic rings. The highest BCUT2D eigenvalue weighted by Crippen LogP contribution is 2.17. The molecule has 1 N–H and O–H groups in total. The number of hydrogen-bond donors (Lipinski definition) is 1. The zero-order valence-corrected chi connectivity index (χ0v) is 17.1.